The van der Waals surface area contributed by atoms with Crippen LogP contribution in [0.15, 0.2) is 85.2 Å². The number of rotatable bonds is 7. The molecule has 0 unspecified atom stereocenters. The fraction of sp³-hybridized carbons (Fsp3) is 0.261. The molecule has 2 aromatic carbocycles. The van der Waals surface area contributed by atoms with Gasteiger partial charge in [-0.15, -0.1) is 0 Å². The zero-order valence-electron chi connectivity index (χ0n) is 15.2. The molecule has 0 N–H and O–H groups in total. The lowest BCUT2D eigenvalue weighted by molar-refractivity contribution is -0.688. The Bertz CT molecular complexity index is 803. The van der Waals surface area contributed by atoms with Gasteiger partial charge in [-0.3, -0.25) is 0 Å². The molecule has 0 saturated heterocycles. The fourth-order valence-electron chi connectivity index (χ4n) is 3.15. The molecule has 0 spiro atoms. The van der Waals surface area contributed by atoms with Crippen LogP contribution in [0.3, 0.4) is 0 Å². The monoisotopic (exact) mass is 425 g/mol. The fourth-order valence-corrected chi connectivity index (χ4v) is 3.15. The second-order valence-corrected chi connectivity index (χ2v) is 6.82. The van der Waals surface area contributed by atoms with Gasteiger partial charge >= 0.3 is 0 Å². The first kappa shape index (κ1) is 19.6. The van der Waals surface area contributed by atoms with Crippen LogP contribution in [0.5, 0.6) is 5.75 Å². The lowest BCUT2D eigenvalue weighted by Gasteiger charge is -2.35. The van der Waals surface area contributed by atoms with Crippen LogP contribution < -0.4 is 26.3 Å². The van der Waals surface area contributed by atoms with Crippen molar-refractivity contribution < 1.29 is 31.0 Å². The highest BCUT2D eigenvalue weighted by atomic mass is 79.9. The molecule has 0 amide bonds. The SMILES string of the molecule is [Br-].c1ccc(CO[C@H]2C[C@H](Oc3cc[n+](Cc4ccccc4)cc3)C2)cc1. The van der Waals surface area contributed by atoms with Crippen molar-refractivity contribution in [2.45, 2.75) is 38.2 Å². The van der Waals surface area contributed by atoms with Gasteiger partial charge in [0.05, 0.1) is 12.7 Å². The minimum Gasteiger partial charge on any atom is -1.00 e. The standard InChI is InChI=1S/C23H24NO2.BrH/c1-3-7-19(8-4-1)17-24-13-11-21(12-14-24)26-23-15-22(16-23)25-18-20-9-5-2-6-10-20;/h1-14,22-23H,15-18H2;1H/q+1;/p-1/t22-,23-;. The molecule has 1 aliphatic carbocycles. The molecule has 1 heterocycles. The number of pyridine rings is 1. The van der Waals surface area contributed by atoms with E-state index in [0.29, 0.717) is 12.7 Å². The first-order valence-corrected chi connectivity index (χ1v) is 9.20. The number of hydrogen-bond donors (Lipinski definition) is 0. The van der Waals surface area contributed by atoms with Crippen molar-refractivity contribution in [1.82, 2.24) is 0 Å². The normalized spacial score (nSPS) is 18.2. The molecule has 1 aromatic heterocycles. The van der Waals surface area contributed by atoms with Crippen LogP contribution in [0.4, 0.5) is 0 Å². The predicted molar refractivity (Wildman–Crippen MR) is 101 cm³/mol. The summed E-state index contributed by atoms with van der Waals surface area (Å²) in [5, 5.41) is 0. The molecular formula is C23H24BrNO2. The van der Waals surface area contributed by atoms with E-state index in [1.165, 1.54) is 11.1 Å². The van der Waals surface area contributed by atoms with Crippen molar-refractivity contribution in [3.63, 3.8) is 0 Å². The van der Waals surface area contributed by atoms with E-state index < -0.39 is 0 Å². The molecule has 0 atom stereocenters. The molecule has 140 valence electrons. The minimum atomic E-state index is 0. The van der Waals surface area contributed by atoms with E-state index in [9.17, 15) is 0 Å². The number of halogens is 1. The molecule has 0 bridgehead atoms. The Kier molecular flexibility index (Phi) is 7.02. The average molecular weight is 426 g/mol. The Morgan fingerprint density at radius 2 is 1.33 bits per heavy atom. The molecule has 4 heteroatoms. The summed E-state index contributed by atoms with van der Waals surface area (Å²) < 4.78 is 14.1. The van der Waals surface area contributed by atoms with E-state index in [4.69, 9.17) is 9.47 Å². The highest BCUT2D eigenvalue weighted by Gasteiger charge is 2.31. The third-order valence-electron chi connectivity index (χ3n) is 4.75. The predicted octanol–water partition coefficient (Wildman–Crippen LogP) is 1.15. The van der Waals surface area contributed by atoms with Crippen molar-refractivity contribution in [3.05, 3.63) is 96.3 Å². The van der Waals surface area contributed by atoms with Crippen LogP contribution in [-0.2, 0) is 17.9 Å². The molecule has 0 radical (unpaired) electrons. The maximum atomic E-state index is 6.04. The van der Waals surface area contributed by atoms with Gasteiger partial charge < -0.3 is 26.5 Å². The lowest BCUT2D eigenvalue weighted by Crippen LogP contribution is -3.00. The Morgan fingerprint density at radius 3 is 1.96 bits per heavy atom. The number of nitrogens with zero attached hydrogens (tertiary/aromatic N) is 1. The maximum Gasteiger partial charge on any atom is 0.173 e. The largest absolute Gasteiger partial charge is 1.00 e. The van der Waals surface area contributed by atoms with E-state index in [1.807, 2.05) is 36.4 Å². The summed E-state index contributed by atoms with van der Waals surface area (Å²) in [7, 11) is 0. The third kappa shape index (κ3) is 5.65. The summed E-state index contributed by atoms with van der Waals surface area (Å²) in [6.07, 6.45) is 6.65. The Labute approximate surface area is 171 Å². The van der Waals surface area contributed by atoms with Crippen LogP contribution in [0.1, 0.15) is 24.0 Å². The van der Waals surface area contributed by atoms with Gasteiger partial charge in [0, 0.05) is 30.5 Å². The molecule has 1 saturated carbocycles. The maximum absolute atomic E-state index is 6.04. The van der Waals surface area contributed by atoms with Crippen LogP contribution in [0, 0.1) is 0 Å². The number of benzene rings is 2. The molecule has 4 rings (SSSR count). The first-order chi connectivity index (χ1) is 12.8. The number of hydrogen-bond acceptors (Lipinski definition) is 2. The molecule has 0 aliphatic heterocycles. The van der Waals surface area contributed by atoms with Gasteiger partial charge in [-0.25, -0.2) is 4.57 Å². The first-order valence-electron chi connectivity index (χ1n) is 9.20. The van der Waals surface area contributed by atoms with Gasteiger partial charge in [-0.1, -0.05) is 60.7 Å². The van der Waals surface area contributed by atoms with Crippen molar-refractivity contribution in [1.29, 1.82) is 0 Å². The van der Waals surface area contributed by atoms with Crippen molar-refractivity contribution in [2.24, 2.45) is 0 Å². The zero-order valence-corrected chi connectivity index (χ0v) is 16.8. The summed E-state index contributed by atoms with van der Waals surface area (Å²) in [6.45, 7) is 1.56. The summed E-state index contributed by atoms with van der Waals surface area (Å²) in [6, 6.07) is 24.9. The van der Waals surface area contributed by atoms with Gasteiger partial charge in [0.2, 0.25) is 0 Å². The number of ether oxygens (including phenoxy) is 2. The highest BCUT2D eigenvalue weighted by molar-refractivity contribution is 5.17. The zero-order chi connectivity index (χ0) is 17.6. The van der Waals surface area contributed by atoms with Gasteiger partial charge in [-0.2, -0.15) is 0 Å². The Balaban J connectivity index is 0.00000210. The van der Waals surface area contributed by atoms with Crippen LogP contribution in [0.2, 0.25) is 0 Å². The second kappa shape index (κ2) is 9.67. The third-order valence-corrected chi connectivity index (χ3v) is 4.75. The van der Waals surface area contributed by atoms with Gasteiger partial charge in [0.1, 0.15) is 11.9 Å². The summed E-state index contributed by atoms with van der Waals surface area (Å²) in [5.41, 5.74) is 2.52. The summed E-state index contributed by atoms with van der Waals surface area (Å²) >= 11 is 0. The van der Waals surface area contributed by atoms with E-state index in [2.05, 4.69) is 53.4 Å². The topological polar surface area (TPSA) is 22.3 Å². The molecule has 3 nitrogen and oxygen atoms in total. The Hall–Kier alpha value is -2.17. The summed E-state index contributed by atoms with van der Waals surface area (Å²) in [4.78, 5) is 0. The molecule has 3 aromatic rings. The van der Waals surface area contributed by atoms with E-state index in [1.54, 1.807) is 0 Å². The number of aromatic nitrogens is 1. The van der Waals surface area contributed by atoms with Crippen LogP contribution in [-0.4, -0.2) is 12.2 Å². The van der Waals surface area contributed by atoms with Gasteiger partial charge in [-0.05, 0) is 5.56 Å². The van der Waals surface area contributed by atoms with Gasteiger partial charge in [0.15, 0.2) is 18.9 Å². The van der Waals surface area contributed by atoms with Gasteiger partial charge in [0.25, 0.3) is 0 Å². The van der Waals surface area contributed by atoms with E-state index in [-0.39, 0.29) is 23.1 Å². The molecule has 1 fully saturated rings. The summed E-state index contributed by atoms with van der Waals surface area (Å²) in [5.74, 6) is 0.931. The van der Waals surface area contributed by atoms with E-state index >= 15 is 0 Å². The van der Waals surface area contributed by atoms with Crippen molar-refractivity contribution in [2.75, 3.05) is 0 Å². The van der Waals surface area contributed by atoms with Crippen molar-refractivity contribution in [3.8, 4) is 5.75 Å². The average Bonchev–Trinajstić information content (AvgIpc) is 2.66. The smallest absolute Gasteiger partial charge is 0.173 e. The Morgan fingerprint density at radius 1 is 0.741 bits per heavy atom. The highest BCUT2D eigenvalue weighted by Crippen LogP contribution is 2.28. The van der Waals surface area contributed by atoms with Crippen LogP contribution >= 0.6 is 0 Å². The molecule has 27 heavy (non-hydrogen) atoms. The van der Waals surface area contributed by atoms with Crippen molar-refractivity contribution >= 4 is 0 Å². The van der Waals surface area contributed by atoms with Crippen LogP contribution in [0.25, 0.3) is 0 Å². The molecule has 1 aliphatic rings. The van der Waals surface area contributed by atoms with E-state index in [0.717, 1.165) is 25.1 Å². The quantitative estimate of drug-likeness (QED) is 0.529. The second-order valence-electron chi connectivity index (χ2n) is 6.82. The minimum absolute atomic E-state index is 0. The molecular weight excluding hydrogens is 402 g/mol. The lowest BCUT2D eigenvalue weighted by atomic mass is 9.92.